The standard InChI is InChI=1S/C26H28N4O2S/c1-17-11-23(25(31)28-14-19-9-10-21(13-27)24(12-19)32-3)18(2)30(17)15-22-16-33-26(29-22)20-7-5-4-6-8-20/h4-12,16H,13-15,27H2,1-3H3,(H,28,31). The van der Waals surface area contributed by atoms with Gasteiger partial charge in [-0.1, -0.05) is 42.5 Å². The van der Waals surface area contributed by atoms with Gasteiger partial charge in [0.05, 0.1) is 24.9 Å². The quantitative estimate of drug-likeness (QED) is 0.400. The fraction of sp³-hybridized carbons (Fsp3) is 0.231. The number of hydrogen-bond acceptors (Lipinski definition) is 5. The van der Waals surface area contributed by atoms with Crippen LogP contribution in [0.1, 0.15) is 38.6 Å². The van der Waals surface area contributed by atoms with Crippen molar-refractivity contribution in [2.24, 2.45) is 5.73 Å². The number of nitrogens with two attached hydrogens (primary N) is 1. The Morgan fingerprint density at radius 1 is 1.15 bits per heavy atom. The summed E-state index contributed by atoms with van der Waals surface area (Å²) >= 11 is 1.64. The summed E-state index contributed by atoms with van der Waals surface area (Å²) in [5.74, 6) is 0.639. The molecule has 4 aromatic rings. The van der Waals surface area contributed by atoms with Gasteiger partial charge in [-0.3, -0.25) is 4.79 Å². The maximum Gasteiger partial charge on any atom is 0.253 e. The van der Waals surface area contributed by atoms with Crippen LogP contribution in [-0.4, -0.2) is 22.6 Å². The van der Waals surface area contributed by atoms with E-state index in [1.165, 1.54) is 0 Å². The Kier molecular flexibility index (Phi) is 6.91. The van der Waals surface area contributed by atoms with E-state index in [2.05, 4.69) is 27.4 Å². The van der Waals surface area contributed by atoms with Gasteiger partial charge in [0.15, 0.2) is 0 Å². The summed E-state index contributed by atoms with van der Waals surface area (Å²) in [4.78, 5) is 17.7. The van der Waals surface area contributed by atoms with Gasteiger partial charge in [0.2, 0.25) is 0 Å². The number of nitrogens with one attached hydrogen (secondary N) is 1. The Bertz CT molecular complexity index is 1260. The summed E-state index contributed by atoms with van der Waals surface area (Å²) in [6.07, 6.45) is 0. The molecular weight excluding hydrogens is 432 g/mol. The first-order valence-corrected chi connectivity index (χ1v) is 11.7. The summed E-state index contributed by atoms with van der Waals surface area (Å²) in [6, 6.07) is 17.9. The minimum atomic E-state index is -0.0977. The zero-order valence-electron chi connectivity index (χ0n) is 19.1. The fourth-order valence-corrected chi connectivity index (χ4v) is 4.69. The summed E-state index contributed by atoms with van der Waals surface area (Å²) < 4.78 is 7.53. The summed E-state index contributed by atoms with van der Waals surface area (Å²) in [5.41, 5.74) is 12.4. The van der Waals surface area contributed by atoms with Crippen LogP contribution in [0.4, 0.5) is 0 Å². The first-order valence-electron chi connectivity index (χ1n) is 10.8. The van der Waals surface area contributed by atoms with Crippen LogP contribution in [0.25, 0.3) is 10.6 Å². The van der Waals surface area contributed by atoms with Gasteiger partial charge in [-0.2, -0.15) is 0 Å². The smallest absolute Gasteiger partial charge is 0.253 e. The molecular formula is C26H28N4O2S. The van der Waals surface area contributed by atoms with Crippen LogP contribution in [0, 0.1) is 13.8 Å². The van der Waals surface area contributed by atoms with E-state index in [0.29, 0.717) is 25.2 Å². The number of ether oxygens (including phenoxy) is 1. The summed E-state index contributed by atoms with van der Waals surface area (Å²) in [7, 11) is 1.62. The second kappa shape index (κ2) is 10.0. The first-order chi connectivity index (χ1) is 16.0. The molecule has 0 spiro atoms. The molecule has 3 N–H and O–H groups in total. The van der Waals surface area contributed by atoms with Crippen molar-refractivity contribution in [2.45, 2.75) is 33.5 Å². The number of carbonyl (C=O) groups excluding carboxylic acids is 1. The third-order valence-corrected chi connectivity index (χ3v) is 6.68. The molecule has 7 heteroatoms. The van der Waals surface area contributed by atoms with E-state index in [4.69, 9.17) is 15.5 Å². The molecule has 1 amide bonds. The third kappa shape index (κ3) is 4.99. The monoisotopic (exact) mass is 460 g/mol. The van der Waals surface area contributed by atoms with Crippen molar-refractivity contribution in [3.63, 3.8) is 0 Å². The molecule has 2 aromatic carbocycles. The summed E-state index contributed by atoms with van der Waals surface area (Å²) in [6.45, 7) is 5.45. The number of thiazole rings is 1. The number of rotatable bonds is 8. The predicted octanol–water partition coefficient (Wildman–Crippen LogP) is 4.67. The lowest BCUT2D eigenvalue weighted by Crippen LogP contribution is -2.23. The highest BCUT2D eigenvalue weighted by molar-refractivity contribution is 7.13. The molecule has 4 rings (SSSR count). The van der Waals surface area contributed by atoms with E-state index < -0.39 is 0 Å². The van der Waals surface area contributed by atoms with Crippen molar-refractivity contribution in [1.82, 2.24) is 14.9 Å². The normalized spacial score (nSPS) is 10.9. The minimum absolute atomic E-state index is 0.0977. The van der Waals surface area contributed by atoms with Gasteiger partial charge in [-0.15, -0.1) is 11.3 Å². The average molecular weight is 461 g/mol. The first kappa shape index (κ1) is 22.8. The van der Waals surface area contributed by atoms with Crippen molar-refractivity contribution in [3.05, 3.63) is 93.7 Å². The molecule has 0 bridgehead atoms. The third-order valence-electron chi connectivity index (χ3n) is 5.74. The number of hydrogen-bond donors (Lipinski definition) is 2. The lowest BCUT2D eigenvalue weighted by atomic mass is 10.1. The largest absolute Gasteiger partial charge is 0.496 e. The second-order valence-corrected chi connectivity index (χ2v) is 8.77. The molecule has 2 aromatic heterocycles. The van der Waals surface area contributed by atoms with Crippen molar-refractivity contribution >= 4 is 17.2 Å². The Hall–Kier alpha value is -3.42. The minimum Gasteiger partial charge on any atom is -0.496 e. The number of methoxy groups -OCH3 is 1. The molecule has 0 aliphatic heterocycles. The van der Waals surface area contributed by atoms with Gasteiger partial charge in [-0.05, 0) is 31.5 Å². The van der Waals surface area contributed by atoms with Gasteiger partial charge < -0.3 is 20.4 Å². The average Bonchev–Trinajstić information content (AvgIpc) is 3.43. The molecule has 170 valence electrons. The van der Waals surface area contributed by atoms with E-state index >= 15 is 0 Å². The number of nitrogens with zero attached hydrogens (tertiary/aromatic N) is 2. The summed E-state index contributed by atoms with van der Waals surface area (Å²) in [5, 5.41) is 6.11. The molecule has 2 heterocycles. The SMILES string of the molecule is COc1cc(CNC(=O)c2cc(C)n(Cc3csc(-c4ccccc4)n3)c2C)ccc1CN. The van der Waals surface area contributed by atoms with Crippen molar-refractivity contribution in [3.8, 4) is 16.3 Å². The molecule has 6 nitrogen and oxygen atoms in total. The number of amides is 1. The van der Waals surface area contributed by atoms with Gasteiger partial charge in [0, 0.05) is 41.0 Å². The Balaban J connectivity index is 1.46. The van der Waals surface area contributed by atoms with E-state index in [1.54, 1.807) is 18.4 Å². The Morgan fingerprint density at radius 2 is 1.94 bits per heavy atom. The number of benzene rings is 2. The molecule has 0 fully saturated rings. The lowest BCUT2D eigenvalue weighted by molar-refractivity contribution is 0.0950. The highest BCUT2D eigenvalue weighted by Gasteiger charge is 2.17. The van der Waals surface area contributed by atoms with E-state index in [1.807, 2.05) is 56.3 Å². The predicted molar refractivity (Wildman–Crippen MR) is 133 cm³/mol. The molecule has 0 radical (unpaired) electrons. The van der Waals surface area contributed by atoms with Crippen LogP contribution in [0.5, 0.6) is 5.75 Å². The Labute approximate surface area is 198 Å². The molecule has 0 unspecified atom stereocenters. The number of carbonyl (C=O) groups is 1. The zero-order chi connectivity index (χ0) is 23.4. The number of aromatic nitrogens is 2. The van der Waals surface area contributed by atoms with Crippen LogP contribution in [0.3, 0.4) is 0 Å². The van der Waals surface area contributed by atoms with Crippen LogP contribution >= 0.6 is 11.3 Å². The van der Waals surface area contributed by atoms with Gasteiger partial charge in [0.25, 0.3) is 5.91 Å². The van der Waals surface area contributed by atoms with Crippen LogP contribution in [0.2, 0.25) is 0 Å². The van der Waals surface area contributed by atoms with Crippen LogP contribution in [-0.2, 0) is 19.6 Å². The topological polar surface area (TPSA) is 82.2 Å². The lowest BCUT2D eigenvalue weighted by Gasteiger charge is -2.11. The van der Waals surface area contributed by atoms with Crippen LogP contribution in [0.15, 0.2) is 60.0 Å². The van der Waals surface area contributed by atoms with Crippen molar-refractivity contribution in [2.75, 3.05) is 7.11 Å². The highest BCUT2D eigenvalue weighted by atomic mass is 32.1. The van der Waals surface area contributed by atoms with Crippen molar-refractivity contribution < 1.29 is 9.53 Å². The molecule has 33 heavy (non-hydrogen) atoms. The highest BCUT2D eigenvalue weighted by Crippen LogP contribution is 2.25. The second-order valence-electron chi connectivity index (χ2n) is 7.91. The zero-order valence-corrected chi connectivity index (χ0v) is 19.9. The van der Waals surface area contributed by atoms with E-state index in [-0.39, 0.29) is 5.91 Å². The van der Waals surface area contributed by atoms with Crippen molar-refractivity contribution in [1.29, 1.82) is 0 Å². The molecule has 0 aliphatic rings. The molecule has 0 aliphatic carbocycles. The number of aryl methyl sites for hydroxylation is 1. The van der Waals surface area contributed by atoms with Gasteiger partial charge >= 0.3 is 0 Å². The maximum absolute atomic E-state index is 12.9. The molecule has 0 saturated heterocycles. The fourth-order valence-electron chi connectivity index (χ4n) is 3.87. The maximum atomic E-state index is 12.9. The van der Waals surface area contributed by atoms with Gasteiger partial charge in [0.1, 0.15) is 10.8 Å². The van der Waals surface area contributed by atoms with Crippen LogP contribution < -0.4 is 15.8 Å². The van der Waals surface area contributed by atoms with Gasteiger partial charge in [-0.25, -0.2) is 4.98 Å². The Morgan fingerprint density at radius 3 is 2.67 bits per heavy atom. The molecule has 0 saturated carbocycles. The molecule has 0 atom stereocenters. The van der Waals surface area contributed by atoms with E-state index in [9.17, 15) is 4.79 Å². The van der Waals surface area contributed by atoms with E-state index in [0.717, 1.165) is 44.5 Å².